The van der Waals surface area contributed by atoms with Gasteiger partial charge in [-0.25, -0.2) is 4.79 Å². The lowest BCUT2D eigenvalue weighted by molar-refractivity contribution is 0.0470. The maximum Gasteiger partial charge on any atom is 0.338 e. The molecule has 0 aliphatic heterocycles. The molecule has 0 fully saturated rings. The summed E-state index contributed by atoms with van der Waals surface area (Å²) >= 11 is 0. The topological polar surface area (TPSA) is 44.8 Å². The fourth-order valence-corrected chi connectivity index (χ4v) is 1.78. The highest BCUT2D eigenvalue weighted by Gasteiger charge is 2.09. The first kappa shape index (κ1) is 13.9. The summed E-state index contributed by atoms with van der Waals surface area (Å²) in [5.74, 6) is 1.03. The molecule has 2 rings (SSSR count). The highest BCUT2D eigenvalue weighted by atomic mass is 16.5. The largest absolute Gasteiger partial charge is 0.497 e. The molecule has 4 heteroatoms. The van der Waals surface area contributed by atoms with Crippen molar-refractivity contribution in [3.8, 4) is 11.5 Å². The minimum atomic E-state index is -0.376. The number of carbonyl (C=O) groups excluding carboxylic acids is 1. The van der Waals surface area contributed by atoms with Gasteiger partial charge >= 0.3 is 5.97 Å². The summed E-state index contributed by atoms with van der Waals surface area (Å²) in [4.78, 5) is 11.9. The normalized spacial score (nSPS) is 9.90. The van der Waals surface area contributed by atoms with Crippen LogP contribution in [0.2, 0.25) is 0 Å². The van der Waals surface area contributed by atoms with Gasteiger partial charge in [0.15, 0.2) is 0 Å². The maximum absolute atomic E-state index is 11.9. The molecule has 0 radical (unpaired) electrons. The van der Waals surface area contributed by atoms with Crippen molar-refractivity contribution in [2.75, 3.05) is 14.2 Å². The van der Waals surface area contributed by atoms with Crippen LogP contribution in [0.1, 0.15) is 15.9 Å². The third-order valence-electron chi connectivity index (χ3n) is 2.88. The van der Waals surface area contributed by atoms with E-state index in [1.54, 1.807) is 38.5 Å². The second-order valence-corrected chi connectivity index (χ2v) is 4.12. The Labute approximate surface area is 117 Å². The van der Waals surface area contributed by atoms with Crippen LogP contribution in [-0.2, 0) is 11.3 Å². The van der Waals surface area contributed by atoms with Gasteiger partial charge in [-0.15, -0.1) is 0 Å². The van der Waals surface area contributed by atoms with E-state index in [1.165, 1.54) is 0 Å². The van der Waals surface area contributed by atoms with Crippen molar-refractivity contribution in [3.63, 3.8) is 0 Å². The zero-order chi connectivity index (χ0) is 14.4. The Bertz CT molecular complexity index is 575. The average molecular weight is 272 g/mol. The van der Waals surface area contributed by atoms with Crippen LogP contribution < -0.4 is 9.47 Å². The van der Waals surface area contributed by atoms with Gasteiger partial charge in [0, 0.05) is 5.56 Å². The molecule has 0 N–H and O–H groups in total. The molecule has 0 aliphatic rings. The second-order valence-electron chi connectivity index (χ2n) is 4.12. The van der Waals surface area contributed by atoms with Crippen LogP contribution >= 0.6 is 0 Å². The summed E-state index contributed by atoms with van der Waals surface area (Å²) < 4.78 is 15.5. The number of methoxy groups -OCH3 is 2. The third kappa shape index (κ3) is 3.29. The van der Waals surface area contributed by atoms with Gasteiger partial charge in [-0.3, -0.25) is 0 Å². The van der Waals surface area contributed by atoms with Crippen LogP contribution in [0.25, 0.3) is 0 Å². The molecular formula is C16H16O4. The van der Waals surface area contributed by atoms with E-state index < -0.39 is 0 Å². The summed E-state index contributed by atoms with van der Waals surface area (Å²) in [6.45, 7) is 0.175. The van der Waals surface area contributed by atoms with E-state index in [4.69, 9.17) is 14.2 Å². The van der Waals surface area contributed by atoms with E-state index in [2.05, 4.69) is 0 Å². The number of carbonyl (C=O) groups is 1. The van der Waals surface area contributed by atoms with Crippen LogP contribution in [-0.4, -0.2) is 20.2 Å². The molecule has 0 unspecified atom stereocenters. The Hall–Kier alpha value is -2.49. The Balaban J connectivity index is 2.01. The maximum atomic E-state index is 11.9. The molecular weight excluding hydrogens is 256 g/mol. The summed E-state index contributed by atoms with van der Waals surface area (Å²) in [6.07, 6.45) is 0. The van der Waals surface area contributed by atoms with Crippen LogP contribution in [0.4, 0.5) is 0 Å². The lowest BCUT2D eigenvalue weighted by Crippen LogP contribution is -2.06. The van der Waals surface area contributed by atoms with Gasteiger partial charge in [0.25, 0.3) is 0 Å². The third-order valence-corrected chi connectivity index (χ3v) is 2.88. The van der Waals surface area contributed by atoms with Gasteiger partial charge in [0.2, 0.25) is 0 Å². The van der Waals surface area contributed by atoms with E-state index in [9.17, 15) is 4.79 Å². The minimum absolute atomic E-state index is 0.175. The van der Waals surface area contributed by atoms with Gasteiger partial charge in [-0.05, 0) is 30.3 Å². The van der Waals surface area contributed by atoms with Crippen molar-refractivity contribution in [2.45, 2.75) is 6.61 Å². The zero-order valence-corrected chi connectivity index (χ0v) is 11.5. The van der Waals surface area contributed by atoms with E-state index in [0.717, 1.165) is 5.56 Å². The lowest BCUT2D eigenvalue weighted by atomic mass is 10.2. The molecule has 0 spiro atoms. The van der Waals surface area contributed by atoms with Crippen molar-refractivity contribution in [3.05, 3.63) is 59.7 Å². The first-order valence-corrected chi connectivity index (χ1v) is 6.17. The van der Waals surface area contributed by atoms with Crippen molar-refractivity contribution in [1.82, 2.24) is 0 Å². The van der Waals surface area contributed by atoms with Crippen molar-refractivity contribution < 1.29 is 19.0 Å². The number of benzene rings is 2. The Morgan fingerprint density at radius 2 is 1.65 bits per heavy atom. The van der Waals surface area contributed by atoms with E-state index >= 15 is 0 Å². The van der Waals surface area contributed by atoms with Gasteiger partial charge in [0.1, 0.15) is 18.1 Å². The van der Waals surface area contributed by atoms with Crippen molar-refractivity contribution in [1.29, 1.82) is 0 Å². The Morgan fingerprint density at radius 3 is 2.30 bits per heavy atom. The number of hydrogen-bond acceptors (Lipinski definition) is 4. The van der Waals surface area contributed by atoms with Crippen molar-refractivity contribution in [2.24, 2.45) is 0 Å². The lowest BCUT2D eigenvalue weighted by Gasteiger charge is -2.09. The number of rotatable bonds is 5. The molecule has 0 aliphatic carbocycles. The molecule has 0 atom stereocenters. The first-order valence-electron chi connectivity index (χ1n) is 6.17. The quantitative estimate of drug-likeness (QED) is 0.785. The van der Waals surface area contributed by atoms with Gasteiger partial charge < -0.3 is 14.2 Å². The number of hydrogen-bond donors (Lipinski definition) is 0. The summed E-state index contributed by atoms with van der Waals surface area (Å²) in [5.41, 5.74) is 1.32. The van der Waals surface area contributed by atoms with Crippen LogP contribution in [0.5, 0.6) is 11.5 Å². The summed E-state index contributed by atoms with van der Waals surface area (Å²) in [7, 11) is 3.17. The average Bonchev–Trinajstić information content (AvgIpc) is 2.53. The molecule has 2 aromatic rings. The highest BCUT2D eigenvalue weighted by Crippen LogP contribution is 2.19. The van der Waals surface area contributed by atoms with E-state index in [-0.39, 0.29) is 12.6 Å². The Morgan fingerprint density at radius 1 is 0.950 bits per heavy atom. The fourth-order valence-electron chi connectivity index (χ4n) is 1.78. The molecule has 0 bridgehead atoms. The monoisotopic (exact) mass is 272 g/mol. The van der Waals surface area contributed by atoms with Crippen LogP contribution in [0.3, 0.4) is 0 Å². The summed E-state index contributed by atoms with van der Waals surface area (Å²) in [6, 6.07) is 14.2. The van der Waals surface area contributed by atoms with Crippen LogP contribution in [0.15, 0.2) is 48.5 Å². The highest BCUT2D eigenvalue weighted by molar-refractivity contribution is 5.89. The number of para-hydroxylation sites is 1. The number of esters is 1. The molecule has 104 valence electrons. The molecule has 20 heavy (non-hydrogen) atoms. The zero-order valence-electron chi connectivity index (χ0n) is 11.5. The van der Waals surface area contributed by atoms with Crippen LogP contribution in [0, 0.1) is 0 Å². The molecule has 0 saturated carbocycles. The number of ether oxygens (including phenoxy) is 3. The molecule has 0 amide bonds. The second kappa shape index (κ2) is 6.61. The standard InChI is InChI=1S/C16H16O4/c1-18-14-9-7-12(8-10-14)16(17)20-11-13-5-3-4-6-15(13)19-2/h3-10H,11H2,1-2H3. The SMILES string of the molecule is COc1ccc(C(=O)OCc2ccccc2OC)cc1. The molecule has 0 aromatic heterocycles. The fraction of sp³-hybridized carbons (Fsp3) is 0.188. The summed E-state index contributed by atoms with van der Waals surface area (Å²) in [5, 5.41) is 0. The van der Waals surface area contributed by atoms with Gasteiger partial charge in [-0.2, -0.15) is 0 Å². The predicted octanol–water partition coefficient (Wildman–Crippen LogP) is 3.06. The smallest absolute Gasteiger partial charge is 0.338 e. The van der Waals surface area contributed by atoms with E-state index in [0.29, 0.717) is 17.1 Å². The first-order chi connectivity index (χ1) is 9.74. The van der Waals surface area contributed by atoms with Crippen molar-refractivity contribution >= 4 is 5.97 Å². The van der Waals surface area contributed by atoms with E-state index in [1.807, 2.05) is 24.3 Å². The molecule has 0 heterocycles. The Kier molecular flexibility index (Phi) is 4.60. The molecule has 4 nitrogen and oxygen atoms in total. The molecule has 2 aromatic carbocycles. The van der Waals surface area contributed by atoms with Gasteiger partial charge in [0.05, 0.1) is 19.8 Å². The molecule has 0 saturated heterocycles. The minimum Gasteiger partial charge on any atom is -0.497 e. The van der Waals surface area contributed by atoms with Gasteiger partial charge in [-0.1, -0.05) is 18.2 Å². The predicted molar refractivity (Wildman–Crippen MR) is 75.1 cm³/mol.